The van der Waals surface area contributed by atoms with Crippen molar-refractivity contribution in [3.63, 3.8) is 0 Å². The topological polar surface area (TPSA) is 58.4 Å². The van der Waals surface area contributed by atoms with Crippen LogP contribution in [0.15, 0.2) is 18.2 Å². The van der Waals surface area contributed by atoms with Gasteiger partial charge in [0.25, 0.3) is 0 Å². The zero-order chi connectivity index (χ0) is 20.8. The summed E-state index contributed by atoms with van der Waals surface area (Å²) in [6.45, 7) is 8.65. The molecule has 29 heavy (non-hydrogen) atoms. The van der Waals surface area contributed by atoms with Crippen LogP contribution in [0.4, 0.5) is 5.69 Å². The number of anilines is 1. The summed E-state index contributed by atoms with van der Waals surface area (Å²) in [7, 11) is -2.93. The molecule has 4 rings (SSSR count). The highest BCUT2D eigenvalue weighted by Gasteiger charge is 2.32. The highest BCUT2D eigenvalue weighted by atomic mass is 35.5. The Morgan fingerprint density at radius 1 is 1.10 bits per heavy atom. The molecule has 1 aromatic heterocycles. The standard InChI is InChI=1S/C20H26Cl2N4O2S/c1-14-20(15(2)26(23-14)17-5-10-29(27,28)13-17)25-8-6-24(7-9-25)12-16-3-4-18(21)19(22)11-16/h3-4,11,17H,5-10,12-13H2,1-2H3. The van der Waals surface area contributed by atoms with Crippen LogP contribution in [-0.2, 0) is 16.4 Å². The molecule has 2 aromatic rings. The maximum Gasteiger partial charge on any atom is 0.152 e. The Bertz CT molecular complexity index is 1010. The zero-order valence-corrected chi connectivity index (χ0v) is 19.1. The first-order chi connectivity index (χ1) is 13.7. The SMILES string of the molecule is Cc1nn(C2CCS(=O)(=O)C2)c(C)c1N1CCN(Cc2ccc(Cl)c(Cl)c2)CC1. The summed E-state index contributed by atoms with van der Waals surface area (Å²) in [5.74, 6) is 0.463. The fraction of sp³-hybridized carbons (Fsp3) is 0.550. The summed E-state index contributed by atoms with van der Waals surface area (Å²) < 4.78 is 25.7. The summed E-state index contributed by atoms with van der Waals surface area (Å²) in [5, 5.41) is 5.88. The molecule has 2 aliphatic rings. The minimum atomic E-state index is -2.93. The van der Waals surface area contributed by atoms with E-state index in [1.165, 1.54) is 0 Å². The Labute approximate surface area is 182 Å². The summed E-state index contributed by atoms with van der Waals surface area (Å²) in [4.78, 5) is 4.79. The lowest BCUT2D eigenvalue weighted by Crippen LogP contribution is -2.46. The van der Waals surface area contributed by atoms with E-state index in [4.69, 9.17) is 28.3 Å². The third-order valence-electron chi connectivity index (χ3n) is 5.92. The summed E-state index contributed by atoms with van der Waals surface area (Å²) >= 11 is 12.1. The van der Waals surface area contributed by atoms with E-state index < -0.39 is 9.84 Å². The first-order valence-corrected chi connectivity index (χ1v) is 12.5. The van der Waals surface area contributed by atoms with Gasteiger partial charge in [0.2, 0.25) is 0 Å². The average Bonchev–Trinajstić information content (AvgIpc) is 3.17. The van der Waals surface area contributed by atoms with Gasteiger partial charge < -0.3 is 4.90 Å². The lowest BCUT2D eigenvalue weighted by atomic mass is 10.1. The van der Waals surface area contributed by atoms with Crippen molar-refractivity contribution in [2.75, 3.05) is 42.6 Å². The van der Waals surface area contributed by atoms with E-state index >= 15 is 0 Å². The van der Waals surface area contributed by atoms with Gasteiger partial charge in [0, 0.05) is 32.7 Å². The number of benzene rings is 1. The molecule has 0 N–H and O–H groups in total. The number of hydrogen-bond donors (Lipinski definition) is 0. The quantitative estimate of drug-likeness (QED) is 0.704. The van der Waals surface area contributed by atoms with Gasteiger partial charge in [-0.2, -0.15) is 5.10 Å². The van der Waals surface area contributed by atoms with E-state index in [1.807, 2.05) is 29.8 Å². The molecule has 0 spiro atoms. The molecule has 2 fully saturated rings. The maximum atomic E-state index is 11.9. The second-order valence-corrected chi connectivity index (χ2v) is 11.1. The molecule has 0 saturated carbocycles. The van der Waals surface area contributed by atoms with E-state index in [0.717, 1.165) is 55.4 Å². The van der Waals surface area contributed by atoms with Crippen LogP contribution in [0.1, 0.15) is 29.4 Å². The van der Waals surface area contributed by atoms with Crippen molar-refractivity contribution in [1.29, 1.82) is 0 Å². The number of sulfone groups is 1. The van der Waals surface area contributed by atoms with Gasteiger partial charge in [0.1, 0.15) is 0 Å². The van der Waals surface area contributed by atoms with Crippen molar-refractivity contribution >= 4 is 38.7 Å². The monoisotopic (exact) mass is 456 g/mol. The second kappa shape index (κ2) is 8.10. The Morgan fingerprint density at radius 2 is 1.83 bits per heavy atom. The number of hydrogen-bond acceptors (Lipinski definition) is 5. The highest BCUT2D eigenvalue weighted by Crippen LogP contribution is 2.32. The Morgan fingerprint density at radius 3 is 2.45 bits per heavy atom. The van der Waals surface area contributed by atoms with E-state index in [0.29, 0.717) is 16.5 Å². The summed E-state index contributed by atoms with van der Waals surface area (Å²) in [5.41, 5.74) is 4.37. The predicted molar refractivity (Wildman–Crippen MR) is 118 cm³/mol. The highest BCUT2D eigenvalue weighted by molar-refractivity contribution is 7.91. The number of nitrogens with zero attached hydrogens (tertiary/aromatic N) is 4. The largest absolute Gasteiger partial charge is 0.366 e. The van der Waals surface area contributed by atoms with Gasteiger partial charge in [-0.25, -0.2) is 8.42 Å². The number of aromatic nitrogens is 2. The van der Waals surface area contributed by atoms with Crippen molar-refractivity contribution in [1.82, 2.24) is 14.7 Å². The van der Waals surface area contributed by atoms with Gasteiger partial charge in [-0.15, -0.1) is 0 Å². The van der Waals surface area contributed by atoms with Crippen LogP contribution in [0.3, 0.4) is 0 Å². The maximum absolute atomic E-state index is 11.9. The van der Waals surface area contributed by atoms with Crippen LogP contribution in [-0.4, -0.2) is 60.8 Å². The molecule has 0 aliphatic carbocycles. The Balaban J connectivity index is 1.43. The molecule has 9 heteroatoms. The summed E-state index contributed by atoms with van der Waals surface area (Å²) in [6, 6.07) is 5.77. The van der Waals surface area contributed by atoms with E-state index in [-0.39, 0.29) is 17.5 Å². The number of aryl methyl sites for hydroxylation is 1. The second-order valence-electron chi connectivity index (χ2n) is 8.03. The van der Waals surface area contributed by atoms with Gasteiger partial charge in [0.15, 0.2) is 9.84 Å². The molecule has 3 heterocycles. The normalized spacial score (nSPS) is 22.3. The van der Waals surface area contributed by atoms with Crippen molar-refractivity contribution in [2.24, 2.45) is 0 Å². The third-order valence-corrected chi connectivity index (χ3v) is 8.41. The first kappa shape index (κ1) is 21.0. The molecule has 0 radical (unpaired) electrons. The van der Waals surface area contributed by atoms with Crippen molar-refractivity contribution in [3.8, 4) is 0 Å². The molecule has 0 bridgehead atoms. The molecule has 0 amide bonds. The van der Waals surface area contributed by atoms with Crippen molar-refractivity contribution in [3.05, 3.63) is 45.2 Å². The molecular formula is C20H26Cl2N4O2S. The molecule has 1 atom stereocenters. The van der Waals surface area contributed by atoms with Crippen LogP contribution in [0.25, 0.3) is 0 Å². The van der Waals surface area contributed by atoms with Gasteiger partial charge in [-0.05, 0) is 38.0 Å². The smallest absolute Gasteiger partial charge is 0.152 e. The molecule has 2 aliphatic heterocycles. The van der Waals surface area contributed by atoms with E-state index in [9.17, 15) is 8.42 Å². The van der Waals surface area contributed by atoms with E-state index in [1.54, 1.807) is 0 Å². The van der Waals surface area contributed by atoms with Gasteiger partial charge in [-0.1, -0.05) is 29.3 Å². The van der Waals surface area contributed by atoms with Crippen molar-refractivity contribution < 1.29 is 8.42 Å². The van der Waals surface area contributed by atoms with Crippen LogP contribution < -0.4 is 4.90 Å². The zero-order valence-electron chi connectivity index (χ0n) is 16.7. The molecule has 158 valence electrons. The Kier molecular flexibility index (Phi) is 5.86. The van der Waals surface area contributed by atoms with Crippen LogP contribution in [0, 0.1) is 13.8 Å². The average molecular weight is 457 g/mol. The lowest BCUT2D eigenvalue weighted by Gasteiger charge is -2.36. The molecule has 2 saturated heterocycles. The minimum Gasteiger partial charge on any atom is -0.366 e. The third kappa shape index (κ3) is 4.43. The number of rotatable bonds is 4. The first-order valence-electron chi connectivity index (χ1n) is 9.91. The number of piperazine rings is 1. The van der Waals surface area contributed by atoms with Gasteiger partial charge in [0.05, 0.1) is 44.7 Å². The van der Waals surface area contributed by atoms with Crippen LogP contribution in [0.5, 0.6) is 0 Å². The minimum absolute atomic E-state index is 0.0385. The van der Waals surface area contributed by atoms with Gasteiger partial charge >= 0.3 is 0 Å². The molecule has 6 nitrogen and oxygen atoms in total. The summed E-state index contributed by atoms with van der Waals surface area (Å²) in [6.07, 6.45) is 0.654. The predicted octanol–water partition coefficient (Wildman–Crippen LogP) is 3.49. The fourth-order valence-corrected chi connectivity index (χ4v) is 6.47. The van der Waals surface area contributed by atoms with Crippen LogP contribution >= 0.6 is 23.2 Å². The van der Waals surface area contributed by atoms with Crippen LogP contribution in [0.2, 0.25) is 10.0 Å². The molecule has 1 unspecified atom stereocenters. The fourth-order valence-electron chi connectivity index (χ4n) is 4.46. The Hall–Kier alpha value is -1.28. The van der Waals surface area contributed by atoms with E-state index in [2.05, 4.69) is 16.7 Å². The molecular weight excluding hydrogens is 431 g/mol. The lowest BCUT2D eigenvalue weighted by molar-refractivity contribution is 0.249. The number of halogens is 2. The van der Waals surface area contributed by atoms with Gasteiger partial charge in [-0.3, -0.25) is 9.58 Å². The molecule has 1 aromatic carbocycles. The van der Waals surface area contributed by atoms with Crippen molar-refractivity contribution in [2.45, 2.75) is 32.9 Å².